The van der Waals surface area contributed by atoms with Crippen LogP contribution in [0.3, 0.4) is 0 Å². The van der Waals surface area contributed by atoms with E-state index in [1.165, 1.54) is 7.11 Å². The number of carbonyl (C=O) groups excluding carboxylic acids is 1. The number of rotatable bonds is 6. The number of nitrogens with two attached hydrogens (primary N) is 1. The zero-order valence-corrected chi connectivity index (χ0v) is 9.52. The van der Waals surface area contributed by atoms with Gasteiger partial charge in [0, 0.05) is 20.2 Å². The number of hydrogen-bond acceptors (Lipinski definition) is 5. The summed E-state index contributed by atoms with van der Waals surface area (Å²) in [5.41, 5.74) is 5.44. The molecular formula is C10H20N2O4. The van der Waals surface area contributed by atoms with Gasteiger partial charge in [-0.25, -0.2) is 0 Å². The third-order valence-electron chi connectivity index (χ3n) is 2.53. The maximum atomic E-state index is 11.6. The van der Waals surface area contributed by atoms with Crippen molar-refractivity contribution in [3.63, 3.8) is 0 Å². The Hall–Kier alpha value is -0.690. The summed E-state index contributed by atoms with van der Waals surface area (Å²) in [4.78, 5) is 11.6. The molecule has 1 aliphatic rings. The van der Waals surface area contributed by atoms with E-state index in [1.807, 2.05) is 0 Å². The van der Waals surface area contributed by atoms with Gasteiger partial charge < -0.3 is 25.6 Å². The zero-order chi connectivity index (χ0) is 12.0. The molecular weight excluding hydrogens is 212 g/mol. The predicted octanol–water partition coefficient (Wildman–Crippen LogP) is -1.38. The van der Waals surface area contributed by atoms with Crippen LogP contribution in [0.4, 0.5) is 0 Å². The van der Waals surface area contributed by atoms with Gasteiger partial charge in [0.1, 0.15) is 6.10 Å². The SMILES string of the molecule is COCC(O)CNC(=O)C1CCC(CN)O1. The number of methoxy groups -OCH3 is 1. The lowest BCUT2D eigenvalue weighted by Crippen LogP contribution is -2.40. The molecule has 0 aromatic heterocycles. The highest BCUT2D eigenvalue weighted by molar-refractivity contribution is 5.81. The molecule has 1 amide bonds. The van der Waals surface area contributed by atoms with E-state index in [2.05, 4.69) is 5.32 Å². The highest BCUT2D eigenvalue weighted by atomic mass is 16.5. The van der Waals surface area contributed by atoms with E-state index in [1.54, 1.807) is 0 Å². The molecule has 94 valence electrons. The quantitative estimate of drug-likeness (QED) is 0.524. The number of hydrogen-bond donors (Lipinski definition) is 3. The fraction of sp³-hybridized carbons (Fsp3) is 0.900. The van der Waals surface area contributed by atoms with E-state index in [9.17, 15) is 9.90 Å². The van der Waals surface area contributed by atoms with Crippen molar-refractivity contribution in [2.75, 3.05) is 26.8 Å². The Morgan fingerprint density at radius 1 is 1.69 bits per heavy atom. The second kappa shape index (κ2) is 6.80. The molecule has 1 rings (SSSR count). The van der Waals surface area contributed by atoms with Crippen LogP contribution in [0.25, 0.3) is 0 Å². The first kappa shape index (κ1) is 13.4. The summed E-state index contributed by atoms with van der Waals surface area (Å²) in [6, 6.07) is 0. The molecule has 3 unspecified atom stereocenters. The number of aliphatic hydroxyl groups excluding tert-OH is 1. The summed E-state index contributed by atoms with van der Waals surface area (Å²) in [5, 5.41) is 12.0. The molecule has 0 aliphatic carbocycles. The molecule has 4 N–H and O–H groups in total. The largest absolute Gasteiger partial charge is 0.389 e. The monoisotopic (exact) mass is 232 g/mol. The summed E-state index contributed by atoms with van der Waals surface area (Å²) in [7, 11) is 1.50. The molecule has 1 heterocycles. The molecule has 0 aromatic carbocycles. The minimum Gasteiger partial charge on any atom is -0.389 e. The second-order valence-corrected chi connectivity index (χ2v) is 3.91. The molecule has 0 spiro atoms. The van der Waals surface area contributed by atoms with Crippen LogP contribution in [-0.2, 0) is 14.3 Å². The number of amides is 1. The van der Waals surface area contributed by atoms with Crippen molar-refractivity contribution in [1.82, 2.24) is 5.32 Å². The van der Waals surface area contributed by atoms with E-state index >= 15 is 0 Å². The van der Waals surface area contributed by atoms with Crippen LogP contribution in [0.1, 0.15) is 12.8 Å². The molecule has 0 saturated carbocycles. The summed E-state index contributed by atoms with van der Waals surface area (Å²) in [6.45, 7) is 0.827. The van der Waals surface area contributed by atoms with E-state index in [0.29, 0.717) is 13.0 Å². The first-order valence-corrected chi connectivity index (χ1v) is 5.47. The minimum absolute atomic E-state index is 0.0142. The van der Waals surface area contributed by atoms with Crippen molar-refractivity contribution in [3.05, 3.63) is 0 Å². The topological polar surface area (TPSA) is 93.8 Å². The number of nitrogens with one attached hydrogen (secondary N) is 1. The van der Waals surface area contributed by atoms with Gasteiger partial charge in [-0.05, 0) is 12.8 Å². The highest BCUT2D eigenvalue weighted by Gasteiger charge is 2.29. The van der Waals surface area contributed by atoms with Crippen molar-refractivity contribution in [2.45, 2.75) is 31.2 Å². The lowest BCUT2D eigenvalue weighted by atomic mass is 10.2. The van der Waals surface area contributed by atoms with Crippen LogP contribution in [0.2, 0.25) is 0 Å². The van der Waals surface area contributed by atoms with Gasteiger partial charge in [0.25, 0.3) is 0 Å². The third-order valence-corrected chi connectivity index (χ3v) is 2.53. The third kappa shape index (κ3) is 4.05. The van der Waals surface area contributed by atoms with Gasteiger partial charge >= 0.3 is 0 Å². The number of aliphatic hydroxyl groups is 1. The van der Waals surface area contributed by atoms with Crippen LogP contribution in [0.5, 0.6) is 0 Å². The standard InChI is InChI=1S/C10H20N2O4/c1-15-6-7(13)5-12-10(14)9-3-2-8(4-11)16-9/h7-9,13H,2-6,11H2,1H3,(H,12,14). The average molecular weight is 232 g/mol. The van der Waals surface area contributed by atoms with Crippen LogP contribution in [-0.4, -0.2) is 56.1 Å². The molecule has 1 aliphatic heterocycles. The Morgan fingerprint density at radius 2 is 2.44 bits per heavy atom. The van der Waals surface area contributed by atoms with Gasteiger partial charge in [-0.3, -0.25) is 4.79 Å². The van der Waals surface area contributed by atoms with Crippen molar-refractivity contribution >= 4 is 5.91 Å². The van der Waals surface area contributed by atoms with Gasteiger partial charge in [-0.1, -0.05) is 0 Å². The number of ether oxygens (including phenoxy) is 2. The Bertz CT molecular complexity index is 225. The number of carbonyl (C=O) groups is 1. The predicted molar refractivity (Wildman–Crippen MR) is 57.8 cm³/mol. The van der Waals surface area contributed by atoms with E-state index < -0.39 is 12.2 Å². The Kier molecular flexibility index (Phi) is 5.68. The van der Waals surface area contributed by atoms with Gasteiger partial charge in [0.15, 0.2) is 0 Å². The van der Waals surface area contributed by atoms with Gasteiger partial charge in [-0.15, -0.1) is 0 Å². The molecule has 6 heteroatoms. The fourth-order valence-corrected chi connectivity index (χ4v) is 1.66. The highest BCUT2D eigenvalue weighted by Crippen LogP contribution is 2.18. The van der Waals surface area contributed by atoms with Gasteiger partial charge in [0.05, 0.1) is 18.8 Å². The summed E-state index contributed by atoms with van der Waals surface area (Å²) in [6.07, 6.45) is 0.382. The van der Waals surface area contributed by atoms with E-state index in [-0.39, 0.29) is 25.2 Å². The van der Waals surface area contributed by atoms with Crippen LogP contribution in [0.15, 0.2) is 0 Å². The van der Waals surface area contributed by atoms with E-state index in [4.69, 9.17) is 15.2 Å². The van der Waals surface area contributed by atoms with E-state index in [0.717, 1.165) is 6.42 Å². The van der Waals surface area contributed by atoms with Gasteiger partial charge in [0.2, 0.25) is 5.91 Å². The maximum Gasteiger partial charge on any atom is 0.249 e. The first-order chi connectivity index (χ1) is 7.67. The second-order valence-electron chi connectivity index (χ2n) is 3.91. The smallest absolute Gasteiger partial charge is 0.249 e. The maximum absolute atomic E-state index is 11.6. The summed E-state index contributed by atoms with van der Waals surface area (Å²) < 4.78 is 10.2. The van der Waals surface area contributed by atoms with Crippen molar-refractivity contribution in [2.24, 2.45) is 5.73 Å². The fourth-order valence-electron chi connectivity index (χ4n) is 1.66. The normalized spacial score (nSPS) is 26.7. The molecule has 0 aromatic rings. The summed E-state index contributed by atoms with van der Waals surface area (Å²) >= 11 is 0. The Labute approximate surface area is 95.1 Å². The first-order valence-electron chi connectivity index (χ1n) is 5.47. The van der Waals surface area contributed by atoms with Crippen LogP contribution >= 0.6 is 0 Å². The molecule has 0 bridgehead atoms. The lowest BCUT2D eigenvalue weighted by molar-refractivity contribution is -0.132. The van der Waals surface area contributed by atoms with Gasteiger partial charge in [-0.2, -0.15) is 0 Å². The molecule has 16 heavy (non-hydrogen) atoms. The molecule has 6 nitrogen and oxygen atoms in total. The molecule has 0 radical (unpaired) electrons. The van der Waals surface area contributed by atoms with Crippen molar-refractivity contribution in [3.8, 4) is 0 Å². The van der Waals surface area contributed by atoms with Crippen molar-refractivity contribution in [1.29, 1.82) is 0 Å². The van der Waals surface area contributed by atoms with Crippen molar-refractivity contribution < 1.29 is 19.4 Å². The molecule has 3 atom stereocenters. The molecule has 1 fully saturated rings. The Morgan fingerprint density at radius 3 is 3.00 bits per heavy atom. The van der Waals surface area contributed by atoms with Crippen LogP contribution < -0.4 is 11.1 Å². The minimum atomic E-state index is -0.680. The average Bonchev–Trinajstić information content (AvgIpc) is 2.75. The summed E-state index contributed by atoms with van der Waals surface area (Å²) in [5.74, 6) is -0.189. The molecule has 1 saturated heterocycles. The zero-order valence-electron chi connectivity index (χ0n) is 9.52. The van der Waals surface area contributed by atoms with Crippen LogP contribution in [0, 0.1) is 0 Å². The Balaban J connectivity index is 2.20. The lowest BCUT2D eigenvalue weighted by Gasteiger charge is -2.14.